The molecule has 102 valence electrons. The molecule has 0 aromatic heterocycles. The zero-order valence-electron chi connectivity index (χ0n) is 11.0. The maximum Gasteiger partial charge on any atom is 0.338 e. The van der Waals surface area contributed by atoms with Crippen LogP contribution in [-0.4, -0.2) is 22.8 Å². The van der Waals surface area contributed by atoms with Crippen LogP contribution in [0, 0.1) is 0 Å². The molecule has 0 spiro atoms. The van der Waals surface area contributed by atoms with E-state index in [0.29, 0.717) is 11.5 Å². The number of nitrogens with two attached hydrogens (primary N) is 1. The van der Waals surface area contributed by atoms with Gasteiger partial charge in [0, 0.05) is 0 Å². The number of benzene rings is 2. The topological polar surface area (TPSA) is 66.6 Å². The van der Waals surface area contributed by atoms with E-state index >= 15 is 0 Å². The van der Waals surface area contributed by atoms with Gasteiger partial charge in [-0.2, -0.15) is 0 Å². The first-order valence-electron chi connectivity index (χ1n) is 6.61. The van der Waals surface area contributed by atoms with E-state index < -0.39 is 6.03 Å². The molecule has 4 nitrogen and oxygen atoms in total. The molecule has 3 N–H and O–H groups in total. The van der Waals surface area contributed by atoms with Gasteiger partial charge in [0.2, 0.25) is 0 Å². The molecule has 2 aromatic carbocycles. The summed E-state index contributed by atoms with van der Waals surface area (Å²) in [4.78, 5) is 10.8. The summed E-state index contributed by atoms with van der Waals surface area (Å²) in [6.45, 7) is 0.209. The van der Waals surface area contributed by atoms with E-state index in [-0.39, 0.29) is 6.54 Å². The maximum atomic E-state index is 10.8. The van der Waals surface area contributed by atoms with Crippen molar-refractivity contribution in [2.45, 2.75) is 12.8 Å². The molecule has 1 aliphatic rings. The summed E-state index contributed by atoms with van der Waals surface area (Å²) < 4.78 is 0. The molecular formula is C16H16N2O2. The van der Waals surface area contributed by atoms with Crippen LogP contribution in [0.2, 0.25) is 0 Å². The Kier molecular flexibility index (Phi) is 3.16. The van der Waals surface area contributed by atoms with Gasteiger partial charge in [-0.25, -0.2) is 9.86 Å². The van der Waals surface area contributed by atoms with Gasteiger partial charge in [0.25, 0.3) is 0 Å². The molecule has 2 aromatic rings. The lowest BCUT2D eigenvalue weighted by molar-refractivity contribution is -0.0382. The summed E-state index contributed by atoms with van der Waals surface area (Å²) in [5.41, 5.74) is 11.3. The summed E-state index contributed by atoms with van der Waals surface area (Å²) in [6, 6.07) is 13.9. The van der Waals surface area contributed by atoms with Gasteiger partial charge in [0.1, 0.15) is 0 Å². The molecule has 0 bridgehead atoms. The number of hydrogen-bond acceptors (Lipinski definition) is 2. The SMILES string of the molecule is NC(=O)N(O)CCc1ccc2c(c1)Cc1ccccc1-2. The Morgan fingerprint density at radius 3 is 2.70 bits per heavy atom. The first-order chi connectivity index (χ1) is 9.65. The van der Waals surface area contributed by atoms with Crippen molar-refractivity contribution < 1.29 is 10.0 Å². The predicted molar refractivity (Wildman–Crippen MR) is 76.5 cm³/mol. The fourth-order valence-corrected chi connectivity index (χ4v) is 2.70. The standard InChI is InChI=1S/C16H16N2O2/c17-16(19)18(20)8-7-11-5-6-15-13(9-11)10-12-3-1-2-4-14(12)15/h1-6,9,20H,7-8,10H2,(H2,17,19). The smallest absolute Gasteiger partial charge is 0.338 e. The van der Waals surface area contributed by atoms with Crippen LogP contribution in [0.1, 0.15) is 16.7 Å². The zero-order chi connectivity index (χ0) is 14.1. The highest BCUT2D eigenvalue weighted by Crippen LogP contribution is 2.36. The molecule has 0 fully saturated rings. The third-order valence-corrected chi connectivity index (χ3v) is 3.72. The third kappa shape index (κ3) is 2.26. The lowest BCUT2D eigenvalue weighted by atomic mass is 10.0. The molecule has 0 aliphatic heterocycles. The van der Waals surface area contributed by atoms with Crippen molar-refractivity contribution in [2.24, 2.45) is 5.73 Å². The van der Waals surface area contributed by atoms with Gasteiger partial charge >= 0.3 is 6.03 Å². The number of hydrogen-bond donors (Lipinski definition) is 2. The van der Waals surface area contributed by atoms with E-state index in [4.69, 9.17) is 5.73 Å². The Morgan fingerprint density at radius 1 is 1.15 bits per heavy atom. The Labute approximate surface area is 117 Å². The highest BCUT2D eigenvalue weighted by atomic mass is 16.5. The van der Waals surface area contributed by atoms with Crippen LogP contribution < -0.4 is 5.73 Å². The number of nitrogens with zero attached hydrogens (tertiary/aromatic N) is 1. The van der Waals surface area contributed by atoms with E-state index in [2.05, 4.69) is 36.4 Å². The quantitative estimate of drug-likeness (QED) is 0.566. The van der Waals surface area contributed by atoms with Gasteiger partial charge in [-0.15, -0.1) is 0 Å². The van der Waals surface area contributed by atoms with Crippen molar-refractivity contribution >= 4 is 6.03 Å². The second kappa shape index (κ2) is 4.98. The van der Waals surface area contributed by atoms with Crippen LogP contribution >= 0.6 is 0 Å². The molecule has 1 aliphatic carbocycles. The van der Waals surface area contributed by atoms with Crippen molar-refractivity contribution in [3.8, 4) is 11.1 Å². The second-order valence-electron chi connectivity index (χ2n) is 5.04. The highest BCUT2D eigenvalue weighted by molar-refractivity contribution is 5.77. The van der Waals surface area contributed by atoms with Gasteiger partial charge in [0.15, 0.2) is 0 Å². The fraction of sp³-hybridized carbons (Fsp3) is 0.188. The van der Waals surface area contributed by atoms with Gasteiger partial charge in [-0.1, -0.05) is 42.5 Å². The number of carbonyl (C=O) groups is 1. The van der Waals surface area contributed by atoms with E-state index in [9.17, 15) is 10.0 Å². The summed E-state index contributed by atoms with van der Waals surface area (Å²) >= 11 is 0. The minimum absolute atomic E-state index is 0.209. The fourth-order valence-electron chi connectivity index (χ4n) is 2.70. The van der Waals surface area contributed by atoms with E-state index in [1.807, 2.05) is 6.07 Å². The molecule has 0 unspecified atom stereocenters. The molecule has 3 rings (SSSR count). The number of amides is 2. The summed E-state index contributed by atoms with van der Waals surface area (Å²) in [7, 11) is 0. The van der Waals surface area contributed by atoms with Crippen LogP contribution in [0.5, 0.6) is 0 Å². The molecule has 2 amide bonds. The minimum atomic E-state index is -0.821. The van der Waals surface area contributed by atoms with Crippen molar-refractivity contribution in [3.05, 3.63) is 59.2 Å². The van der Waals surface area contributed by atoms with Crippen LogP contribution in [-0.2, 0) is 12.8 Å². The van der Waals surface area contributed by atoms with Crippen LogP contribution in [0.4, 0.5) is 4.79 Å². The first-order valence-corrected chi connectivity index (χ1v) is 6.61. The summed E-state index contributed by atoms with van der Waals surface area (Å²) in [6.07, 6.45) is 1.53. The number of primary amides is 1. The highest BCUT2D eigenvalue weighted by Gasteiger charge is 2.17. The number of urea groups is 1. The number of carbonyl (C=O) groups excluding carboxylic acids is 1. The Balaban J connectivity index is 1.79. The molecule has 0 saturated carbocycles. The van der Waals surface area contributed by atoms with Crippen LogP contribution in [0.25, 0.3) is 11.1 Å². The molecular weight excluding hydrogens is 252 g/mol. The predicted octanol–water partition coefficient (Wildman–Crippen LogP) is 2.57. The van der Waals surface area contributed by atoms with Gasteiger partial charge in [-0.3, -0.25) is 5.21 Å². The maximum absolute atomic E-state index is 10.8. The summed E-state index contributed by atoms with van der Waals surface area (Å²) in [5.74, 6) is 0. The average Bonchev–Trinajstić information content (AvgIpc) is 2.82. The summed E-state index contributed by atoms with van der Waals surface area (Å²) in [5, 5.41) is 9.83. The molecule has 0 heterocycles. The molecule has 0 atom stereocenters. The lowest BCUT2D eigenvalue weighted by Crippen LogP contribution is -2.34. The average molecular weight is 268 g/mol. The molecule has 20 heavy (non-hydrogen) atoms. The van der Waals surface area contributed by atoms with Gasteiger partial charge in [0.05, 0.1) is 6.54 Å². The van der Waals surface area contributed by atoms with Gasteiger partial charge < -0.3 is 5.73 Å². The number of rotatable bonds is 3. The molecule has 0 saturated heterocycles. The Bertz CT molecular complexity index is 667. The lowest BCUT2D eigenvalue weighted by Gasteiger charge is -2.12. The van der Waals surface area contributed by atoms with E-state index in [1.165, 1.54) is 22.3 Å². The Morgan fingerprint density at radius 2 is 1.90 bits per heavy atom. The van der Waals surface area contributed by atoms with Crippen molar-refractivity contribution in [1.29, 1.82) is 0 Å². The van der Waals surface area contributed by atoms with Crippen molar-refractivity contribution in [2.75, 3.05) is 6.54 Å². The van der Waals surface area contributed by atoms with Gasteiger partial charge in [-0.05, 0) is 40.7 Å². The van der Waals surface area contributed by atoms with E-state index in [1.54, 1.807) is 0 Å². The van der Waals surface area contributed by atoms with Crippen molar-refractivity contribution in [3.63, 3.8) is 0 Å². The third-order valence-electron chi connectivity index (χ3n) is 3.72. The van der Waals surface area contributed by atoms with E-state index in [0.717, 1.165) is 12.0 Å². The second-order valence-corrected chi connectivity index (χ2v) is 5.04. The number of hydroxylamine groups is 2. The van der Waals surface area contributed by atoms with Crippen LogP contribution in [0.15, 0.2) is 42.5 Å². The zero-order valence-corrected chi connectivity index (χ0v) is 11.0. The Hall–Kier alpha value is -2.33. The number of fused-ring (bicyclic) bond motifs is 3. The van der Waals surface area contributed by atoms with Crippen LogP contribution in [0.3, 0.4) is 0 Å². The first kappa shape index (κ1) is 12.7. The normalized spacial score (nSPS) is 11.8. The van der Waals surface area contributed by atoms with Crippen molar-refractivity contribution in [1.82, 2.24) is 5.06 Å². The molecule has 4 heteroatoms. The monoisotopic (exact) mass is 268 g/mol. The largest absolute Gasteiger partial charge is 0.350 e. The minimum Gasteiger partial charge on any atom is -0.350 e. The molecule has 0 radical (unpaired) electrons.